The van der Waals surface area contributed by atoms with E-state index in [2.05, 4.69) is 79.9 Å². The van der Waals surface area contributed by atoms with E-state index in [1.165, 1.54) is 16.8 Å². The van der Waals surface area contributed by atoms with Crippen LogP contribution in [0.15, 0.2) is 65.7 Å². The zero-order valence-corrected chi connectivity index (χ0v) is 15.4. The number of nitrogens with zero attached hydrogens (tertiary/aromatic N) is 2. The number of aliphatic imine (C=N–C) groups is 1. The summed E-state index contributed by atoms with van der Waals surface area (Å²) in [6.45, 7) is 7.48. The summed E-state index contributed by atoms with van der Waals surface area (Å²) in [5, 5.41) is 0. The van der Waals surface area contributed by atoms with E-state index < -0.39 is 0 Å². The number of rotatable bonds is 3. The minimum absolute atomic E-state index is 0. The van der Waals surface area contributed by atoms with Gasteiger partial charge in [-0.15, -0.1) is 0 Å². The number of benzene rings is 2. The molecule has 1 aliphatic heterocycles. The van der Waals surface area contributed by atoms with Crippen molar-refractivity contribution < 1.29 is 28.6 Å². The van der Waals surface area contributed by atoms with Crippen molar-refractivity contribution in [1.29, 1.82) is 0 Å². The maximum Gasteiger partial charge on any atom is 0.250 e. The molecule has 0 spiro atoms. The molecule has 114 valence electrons. The lowest BCUT2D eigenvalue weighted by atomic mass is 10.00. The SMILES string of the molecule is CC[N+]1=C(c2ccccc2)C(c2ccccc2)=NC1(C)C.[I-]. The summed E-state index contributed by atoms with van der Waals surface area (Å²) in [4.78, 5) is 5.01. The maximum absolute atomic E-state index is 5.01. The van der Waals surface area contributed by atoms with Crippen LogP contribution in [-0.2, 0) is 0 Å². The molecule has 0 saturated heterocycles. The zero-order valence-electron chi connectivity index (χ0n) is 13.3. The fourth-order valence-corrected chi connectivity index (χ4v) is 3.02. The van der Waals surface area contributed by atoms with Gasteiger partial charge in [-0.05, 0) is 19.1 Å². The van der Waals surface area contributed by atoms with Gasteiger partial charge in [-0.3, -0.25) is 0 Å². The molecule has 0 bridgehead atoms. The van der Waals surface area contributed by atoms with Gasteiger partial charge >= 0.3 is 0 Å². The highest BCUT2D eigenvalue weighted by molar-refractivity contribution is 6.52. The van der Waals surface area contributed by atoms with E-state index in [4.69, 9.17) is 4.99 Å². The van der Waals surface area contributed by atoms with Crippen LogP contribution >= 0.6 is 0 Å². The van der Waals surface area contributed by atoms with E-state index in [1.807, 2.05) is 6.07 Å². The fraction of sp³-hybridized carbons (Fsp3) is 0.263. The largest absolute Gasteiger partial charge is 1.00 e. The highest BCUT2D eigenvalue weighted by Gasteiger charge is 2.41. The molecule has 2 aromatic carbocycles. The summed E-state index contributed by atoms with van der Waals surface area (Å²) in [5.74, 6) is 0. The lowest BCUT2D eigenvalue weighted by molar-refractivity contribution is -0.590. The Balaban J connectivity index is 0.00000176. The second kappa shape index (κ2) is 6.73. The Kier molecular flexibility index (Phi) is 5.16. The average Bonchev–Trinajstić information content (AvgIpc) is 2.79. The summed E-state index contributed by atoms with van der Waals surface area (Å²) >= 11 is 0. The zero-order chi connectivity index (χ0) is 14.9. The normalized spacial score (nSPS) is 16.2. The van der Waals surface area contributed by atoms with Gasteiger partial charge in [0.1, 0.15) is 12.3 Å². The van der Waals surface area contributed by atoms with Crippen molar-refractivity contribution >= 4 is 11.4 Å². The predicted molar refractivity (Wildman–Crippen MR) is 88.4 cm³/mol. The molecular weight excluding hydrogens is 383 g/mol. The molecule has 2 aromatic rings. The van der Waals surface area contributed by atoms with Crippen molar-refractivity contribution in [2.24, 2.45) is 4.99 Å². The molecule has 0 unspecified atom stereocenters. The summed E-state index contributed by atoms with van der Waals surface area (Å²) in [5.41, 5.74) is 4.53. The third-order valence-corrected chi connectivity index (χ3v) is 3.95. The molecule has 3 rings (SSSR count). The van der Waals surface area contributed by atoms with Gasteiger partial charge in [-0.1, -0.05) is 48.5 Å². The second-order valence-electron chi connectivity index (χ2n) is 5.78. The molecule has 22 heavy (non-hydrogen) atoms. The minimum atomic E-state index is -0.203. The highest BCUT2D eigenvalue weighted by atomic mass is 127. The molecule has 1 aliphatic rings. The van der Waals surface area contributed by atoms with E-state index in [9.17, 15) is 0 Å². The van der Waals surface area contributed by atoms with Crippen molar-refractivity contribution in [2.75, 3.05) is 6.54 Å². The van der Waals surface area contributed by atoms with Crippen molar-refractivity contribution in [2.45, 2.75) is 26.4 Å². The molecule has 2 nitrogen and oxygen atoms in total. The van der Waals surface area contributed by atoms with E-state index in [-0.39, 0.29) is 29.6 Å². The Morgan fingerprint density at radius 3 is 1.86 bits per heavy atom. The first-order valence-corrected chi connectivity index (χ1v) is 7.49. The molecule has 0 saturated carbocycles. The van der Waals surface area contributed by atoms with Crippen molar-refractivity contribution in [3.63, 3.8) is 0 Å². The van der Waals surface area contributed by atoms with Crippen molar-refractivity contribution in [3.05, 3.63) is 71.8 Å². The predicted octanol–water partition coefficient (Wildman–Crippen LogP) is 0.751. The lowest BCUT2D eigenvalue weighted by Crippen LogP contribution is -3.00. The van der Waals surface area contributed by atoms with Crippen molar-refractivity contribution in [3.8, 4) is 0 Å². The monoisotopic (exact) mass is 404 g/mol. The Labute approximate surface area is 149 Å². The van der Waals surface area contributed by atoms with E-state index in [0.29, 0.717) is 0 Å². The van der Waals surface area contributed by atoms with E-state index in [1.54, 1.807) is 0 Å². The maximum atomic E-state index is 5.01. The van der Waals surface area contributed by atoms with Crippen LogP contribution in [0.3, 0.4) is 0 Å². The van der Waals surface area contributed by atoms with Crippen LogP contribution in [0.25, 0.3) is 0 Å². The number of hydrogen-bond acceptors (Lipinski definition) is 1. The first-order valence-electron chi connectivity index (χ1n) is 7.49. The summed E-state index contributed by atoms with van der Waals surface area (Å²) in [7, 11) is 0. The van der Waals surface area contributed by atoms with Gasteiger partial charge in [-0.25, -0.2) is 9.57 Å². The van der Waals surface area contributed by atoms with Gasteiger partial charge in [0.25, 0.3) is 5.66 Å². The van der Waals surface area contributed by atoms with Gasteiger partial charge in [0.15, 0.2) is 0 Å². The van der Waals surface area contributed by atoms with Crippen LogP contribution in [0.5, 0.6) is 0 Å². The van der Waals surface area contributed by atoms with Crippen LogP contribution in [0.4, 0.5) is 0 Å². The molecule has 0 fully saturated rings. The smallest absolute Gasteiger partial charge is 0.250 e. The van der Waals surface area contributed by atoms with Gasteiger partial charge in [-0.2, -0.15) is 0 Å². The summed E-state index contributed by atoms with van der Waals surface area (Å²) < 4.78 is 2.38. The topological polar surface area (TPSA) is 15.4 Å². The van der Waals surface area contributed by atoms with Crippen LogP contribution in [0.2, 0.25) is 0 Å². The van der Waals surface area contributed by atoms with E-state index >= 15 is 0 Å². The van der Waals surface area contributed by atoms with Gasteiger partial charge < -0.3 is 24.0 Å². The summed E-state index contributed by atoms with van der Waals surface area (Å²) in [6, 6.07) is 21.0. The van der Waals surface area contributed by atoms with Crippen LogP contribution in [0.1, 0.15) is 31.9 Å². The third-order valence-electron chi connectivity index (χ3n) is 3.95. The quantitative estimate of drug-likeness (QED) is 0.530. The molecule has 0 aliphatic carbocycles. The molecule has 0 radical (unpaired) electrons. The standard InChI is InChI=1S/C19H21N2.HI/c1-4-21-18(16-13-9-6-10-14-16)17(20-19(21,2)3)15-11-7-5-8-12-15;/h5-14H,4H2,1-3H3;1H/q+1;/p-1. The fourth-order valence-electron chi connectivity index (χ4n) is 3.02. The molecule has 0 amide bonds. The first kappa shape index (κ1) is 16.9. The minimum Gasteiger partial charge on any atom is -1.00 e. The molecule has 0 aromatic heterocycles. The Hall–Kier alpha value is -1.49. The Morgan fingerprint density at radius 2 is 1.36 bits per heavy atom. The Morgan fingerprint density at radius 1 is 0.864 bits per heavy atom. The van der Waals surface area contributed by atoms with Crippen LogP contribution in [-0.4, -0.2) is 28.2 Å². The van der Waals surface area contributed by atoms with Crippen molar-refractivity contribution in [1.82, 2.24) is 0 Å². The van der Waals surface area contributed by atoms with Crippen LogP contribution < -0.4 is 24.0 Å². The molecule has 0 atom stereocenters. The lowest BCUT2D eigenvalue weighted by Gasteiger charge is -2.13. The van der Waals surface area contributed by atoms with Gasteiger partial charge in [0.05, 0.1) is 0 Å². The van der Waals surface area contributed by atoms with Gasteiger partial charge in [0.2, 0.25) is 5.71 Å². The summed E-state index contributed by atoms with van der Waals surface area (Å²) in [6.07, 6.45) is 0. The van der Waals surface area contributed by atoms with Crippen LogP contribution in [0, 0.1) is 0 Å². The highest BCUT2D eigenvalue weighted by Crippen LogP contribution is 2.24. The Bertz CT molecular complexity index is 701. The molecule has 0 N–H and O–H groups in total. The third kappa shape index (κ3) is 3.00. The molecule has 1 heterocycles. The van der Waals surface area contributed by atoms with E-state index in [0.717, 1.165) is 12.3 Å². The van der Waals surface area contributed by atoms with Gasteiger partial charge in [0, 0.05) is 25.0 Å². The molecular formula is C19H21IN2. The number of hydrogen-bond donors (Lipinski definition) is 0. The first-order chi connectivity index (χ1) is 10.1. The average molecular weight is 404 g/mol. The molecule has 3 heteroatoms. The second-order valence-corrected chi connectivity index (χ2v) is 5.78. The number of halogens is 1.